The van der Waals surface area contributed by atoms with Crippen LogP contribution < -0.4 is 15.8 Å². The molecule has 3 N–H and O–H groups in total. The van der Waals surface area contributed by atoms with Gasteiger partial charge in [-0.1, -0.05) is 12.1 Å². The van der Waals surface area contributed by atoms with Crippen molar-refractivity contribution in [2.45, 2.75) is 13.5 Å². The second-order valence-corrected chi connectivity index (χ2v) is 4.28. The molecule has 1 heterocycles. The summed E-state index contributed by atoms with van der Waals surface area (Å²) in [4.78, 5) is 19.8. The van der Waals surface area contributed by atoms with Gasteiger partial charge >= 0.3 is 0 Å². The first kappa shape index (κ1) is 13.8. The van der Waals surface area contributed by atoms with Gasteiger partial charge in [0.1, 0.15) is 11.4 Å². The van der Waals surface area contributed by atoms with Crippen molar-refractivity contribution < 1.29 is 9.53 Å². The molecule has 0 fully saturated rings. The molecule has 0 unspecified atom stereocenters. The number of benzene rings is 1. The zero-order valence-corrected chi connectivity index (χ0v) is 11.4. The molecule has 0 bridgehead atoms. The van der Waals surface area contributed by atoms with E-state index in [1.54, 1.807) is 20.1 Å². The van der Waals surface area contributed by atoms with Crippen LogP contribution in [-0.4, -0.2) is 23.0 Å². The highest BCUT2D eigenvalue weighted by Crippen LogP contribution is 2.11. The molecular weight excluding hydrogens is 256 g/mol. The van der Waals surface area contributed by atoms with Crippen LogP contribution in [0.2, 0.25) is 0 Å². The van der Waals surface area contributed by atoms with Crippen LogP contribution in [0.3, 0.4) is 0 Å². The summed E-state index contributed by atoms with van der Waals surface area (Å²) in [5, 5.41) is 2.78. The van der Waals surface area contributed by atoms with E-state index in [0.717, 1.165) is 11.3 Å². The summed E-state index contributed by atoms with van der Waals surface area (Å²) in [7, 11) is 1.61. The number of rotatable bonds is 4. The Bertz CT molecular complexity index is 591. The summed E-state index contributed by atoms with van der Waals surface area (Å²) in [5.74, 6) is 0.594. The molecule has 1 aromatic heterocycles. The predicted molar refractivity (Wildman–Crippen MR) is 75.3 cm³/mol. The van der Waals surface area contributed by atoms with Crippen LogP contribution in [0.25, 0.3) is 0 Å². The minimum atomic E-state index is -0.280. The maximum absolute atomic E-state index is 12.0. The van der Waals surface area contributed by atoms with Crippen molar-refractivity contribution in [2.24, 2.45) is 0 Å². The van der Waals surface area contributed by atoms with Gasteiger partial charge in [0.15, 0.2) is 0 Å². The number of aromatic nitrogens is 2. The lowest BCUT2D eigenvalue weighted by Gasteiger charge is -2.07. The molecule has 2 rings (SSSR count). The van der Waals surface area contributed by atoms with Crippen LogP contribution in [0.4, 0.5) is 5.95 Å². The number of nitrogens with zero attached hydrogens (tertiary/aromatic N) is 2. The Balaban J connectivity index is 2.00. The molecule has 1 amide bonds. The third-order valence-corrected chi connectivity index (χ3v) is 2.72. The monoisotopic (exact) mass is 272 g/mol. The van der Waals surface area contributed by atoms with Crippen molar-refractivity contribution in [2.75, 3.05) is 12.8 Å². The maximum atomic E-state index is 12.0. The van der Waals surface area contributed by atoms with Crippen LogP contribution in [-0.2, 0) is 6.54 Å². The van der Waals surface area contributed by atoms with Crippen molar-refractivity contribution in [3.63, 3.8) is 0 Å². The van der Waals surface area contributed by atoms with E-state index >= 15 is 0 Å². The third-order valence-electron chi connectivity index (χ3n) is 2.72. The number of aryl methyl sites for hydroxylation is 1. The zero-order valence-electron chi connectivity index (χ0n) is 11.4. The molecule has 6 heteroatoms. The van der Waals surface area contributed by atoms with Gasteiger partial charge in [-0.25, -0.2) is 9.97 Å². The Morgan fingerprint density at radius 1 is 1.30 bits per heavy atom. The van der Waals surface area contributed by atoms with E-state index in [4.69, 9.17) is 10.5 Å². The van der Waals surface area contributed by atoms with E-state index in [2.05, 4.69) is 15.3 Å². The van der Waals surface area contributed by atoms with Crippen LogP contribution in [0.1, 0.15) is 21.7 Å². The molecule has 0 spiro atoms. The number of methoxy groups -OCH3 is 1. The van der Waals surface area contributed by atoms with E-state index in [1.165, 1.54) is 0 Å². The van der Waals surface area contributed by atoms with Crippen LogP contribution in [0.5, 0.6) is 5.75 Å². The molecule has 0 aliphatic carbocycles. The molecule has 0 atom stereocenters. The predicted octanol–water partition coefficient (Wildman–Crippen LogP) is 1.31. The van der Waals surface area contributed by atoms with Crippen molar-refractivity contribution >= 4 is 11.9 Å². The average molecular weight is 272 g/mol. The van der Waals surface area contributed by atoms with Gasteiger partial charge in [0.05, 0.1) is 7.11 Å². The summed E-state index contributed by atoms with van der Waals surface area (Å²) in [6, 6.07) is 9.06. The van der Waals surface area contributed by atoms with Gasteiger partial charge in [-0.3, -0.25) is 4.79 Å². The smallest absolute Gasteiger partial charge is 0.270 e. The first-order chi connectivity index (χ1) is 9.58. The van der Waals surface area contributed by atoms with Gasteiger partial charge in [0, 0.05) is 12.2 Å². The Morgan fingerprint density at radius 2 is 2.00 bits per heavy atom. The third kappa shape index (κ3) is 3.44. The first-order valence-corrected chi connectivity index (χ1v) is 6.11. The van der Waals surface area contributed by atoms with Crippen molar-refractivity contribution in [1.82, 2.24) is 15.3 Å². The van der Waals surface area contributed by atoms with E-state index in [9.17, 15) is 4.79 Å². The van der Waals surface area contributed by atoms with Crippen LogP contribution in [0, 0.1) is 6.92 Å². The molecule has 0 aliphatic rings. The highest BCUT2D eigenvalue weighted by atomic mass is 16.5. The standard InChI is InChI=1S/C14H16N4O2/c1-9-7-12(18-14(15)17-9)13(19)16-8-10-3-5-11(20-2)6-4-10/h3-7H,8H2,1-2H3,(H,16,19)(H2,15,17,18). The molecular formula is C14H16N4O2. The minimum absolute atomic E-state index is 0.0968. The van der Waals surface area contributed by atoms with Gasteiger partial charge in [-0.15, -0.1) is 0 Å². The zero-order chi connectivity index (χ0) is 14.5. The average Bonchev–Trinajstić information content (AvgIpc) is 2.44. The van der Waals surface area contributed by atoms with E-state index in [-0.39, 0.29) is 17.5 Å². The van der Waals surface area contributed by atoms with E-state index in [1.807, 2.05) is 24.3 Å². The lowest BCUT2D eigenvalue weighted by atomic mass is 10.2. The number of hydrogen-bond donors (Lipinski definition) is 2. The summed E-state index contributed by atoms with van der Waals surface area (Å²) >= 11 is 0. The molecule has 0 radical (unpaired) electrons. The topological polar surface area (TPSA) is 90.1 Å². The van der Waals surface area contributed by atoms with Crippen molar-refractivity contribution in [1.29, 1.82) is 0 Å². The number of nitrogen functional groups attached to an aromatic ring is 1. The van der Waals surface area contributed by atoms with Gasteiger partial charge in [0.25, 0.3) is 5.91 Å². The highest BCUT2D eigenvalue weighted by molar-refractivity contribution is 5.92. The lowest BCUT2D eigenvalue weighted by molar-refractivity contribution is 0.0946. The van der Waals surface area contributed by atoms with Crippen LogP contribution >= 0.6 is 0 Å². The quantitative estimate of drug-likeness (QED) is 0.875. The fourth-order valence-corrected chi connectivity index (χ4v) is 1.72. The van der Waals surface area contributed by atoms with Gasteiger partial charge in [-0.05, 0) is 30.7 Å². The summed E-state index contributed by atoms with van der Waals surface area (Å²) in [5.41, 5.74) is 7.42. The normalized spacial score (nSPS) is 10.1. The number of amides is 1. The molecule has 0 saturated heterocycles. The maximum Gasteiger partial charge on any atom is 0.270 e. The second-order valence-electron chi connectivity index (χ2n) is 4.28. The van der Waals surface area contributed by atoms with Gasteiger partial charge in [0.2, 0.25) is 5.95 Å². The molecule has 0 aliphatic heterocycles. The Kier molecular flexibility index (Phi) is 4.14. The van der Waals surface area contributed by atoms with E-state index in [0.29, 0.717) is 12.2 Å². The fourth-order valence-electron chi connectivity index (χ4n) is 1.72. The highest BCUT2D eigenvalue weighted by Gasteiger charge is 2.09. The molecule has 104 valence electrons. The van der Waals surface area contributed by atoms with Gasteiger partial charge in [-0.2, -0.15) is 0 Å². The Labute approximate surface area is 117 Å². The van der Waals surface area contributed by atoms with Crippen molar-refractivity contribution in [3.8, 4) is 5.75 Å². The molecule has 0 saturated carbocycles. The SMILES string of the molecule is COc1ccc(CNC(=O)c2cc(C)nc(N)n2)cc1. The summed E-state index contributed by atoms with van der Waals surface area (Å²) in [6.45, 7) is 2.17. The van der Waals surface area contributed by atoms with Gasteiger partial charge < -0.3 is 15.8 Å². The number of carbonyl (C=O) groups excluding carboxylic acids is 1. The summed E-state index contributed by atoms with van der Waals surface area (Å²) < 4.78 is 5.07. The number of hydrogen-bond acceptors (Lipinski definition) is 5. The number of nitrogens with two attached hydrogens (primary N) is 1. The molecule has 1 aromatic carbocycles. The number of carbonyl (C=O) groups is 1. The Hall–Kier alpha value is -2.63. The number of ether oxygens (including phenoxy) is 1. The first-order valence-electron chi connectivity index (χ1n) is 6.11. The number of anilines is 1. The largest absolute Gasteiger partial charge is 0.497 e. The minimum Gasteiger partial charge on any atom is -0.497 e. The molecule has 20 heavy (non-hydrogen) atoms. The lowest BCUT2D eigenvalue weighted by Crippen LogP contribution is -2.24. The second kappa shape index (κ2) is 6.01. The van der Waals surface area contributed by atoms with Crippen molar-refractivity contribution in [3.05, 3.63) is 47.3 Å². The number of nitrogens with one attached hydrogen (secondary N) is 1. The Morgan fingerprint density at radius 3 is 2.60 bits per heavy atom. The van der Waals surface area contributed by atoms with Crippen LogP contribution in [0.15, 0.2) is 30.3 Å². The molecule has 2 aromatic rings. The van der Waals surface area contributed by atoms with E-state index < -0.39 is 0 Å². The summed E-state index contributed by atoms with van der Waals surface area (Å²) in [6.07, 6.45) is 0. The molecule has 6 nitrogen and oxygen atoms in total. The fraction of sp³-hybridized carbons (Fsp3) is 0.214.